The SMILES string of the molecule is O=C1O[C@@H](Br)c2ccc(C(F)(F)F)cc21. The highest BCUT2D eigenvalue weighted by molar-refractivity contribution is 9.09. The molecule has 0 fully saturated rings. The molecule has 0 aromatic heterocycles. The van der Waals surface area contributed by atoms with E-state index in [1.165, 1.54) is 6.07 Å². The molecule has 15 heavy (non-hydrogen) atoms. The Labute approximate surface area is 91.2 Å². The maximum Gasteiger partial charge on any atom is 0.416 e. The van der Waals surface area contributed by atoms with Gasteiger partial charge >= 0.3 is 12.1 Å². The Morgan fingerprint density at radius 1 is 1.33 bits per heavy atom. The van der Waals surface area contributed by atoms with E-state index in [4.69, 9.17) is 4.74 Å². The molecule has 0 N–H and O–H groups in total. The van der Waals surface area contributed by atoms with Gasteiger partial charge in [0.25, 0.3) is 0 Å². The number of fused-ring (bicyclic) bond motifs is 1. The van der Waals surface area contributed by atoms with E-state index in [9.17, 15) is 18.0 Å². The molecule has 1 aromatic rings. The summed E-state index contributed by atoms with van der Waals surface area (Å²) in [7, 11) is 0. The van der Waals surface area contributed by atoms with Crippen molar-refractivity contribution >= 4 is 21.9 Å². The summed E-state index contributed by atoms with van der Waals surface area (Å²) in [6.07, 6.45) is -4.44. The van der Waals surface area contributed by atoms with E-state index < -0.39 is 22.7 Å². The van der Waals surface area contributed by atoms with Crippen LogP contribution in [0.15, 0.2) is 18.2 Å². The lowest BCUT2D eigenvalue weighted by molar-refractivity contribution is -0.137. The van der Waals surface area contributed by atoms with Gasteiger partial charge in [-0.25, -0.2) is 4.79 Å². The molecule has 1 aliphatic rings. The Bertz CT molecular complexity index is 428. The zero-order valence-electron chi connectivity index (χ0n) is 7.14. The lowest BCUT2D eigenvalue weighted by atomic mass is 10.1. The Morgan fingerprint density at radius 2 is 2.00 bits per heavy atom. The number of rotatable bonds is 0. The van der Waals surface area contributed by atoms with Gasteiger partial charge in [0.2, 0.25) is 0 Å². The van der Waals surface area contributed by atoms with E-state index in [0.717, 1.165) is 12.1 Å². The molecular formula is C9H4BrF3O2. The van der Waals surface area contributed by atoms with Crippen LogP contribution in [0.25, 0.3) is 0 Å². The third-order valence-electron chi connectivity index (χ3n) is 2.06. The summed E-state index contributed by atoms with van der Waals surface area (Å²) >= 11 is 3.03. The number of carbonyl (C=O) groups excluding carboxylic acids is 1. The number of halogens is 4. The molecular weight excluding hydrogens is 277 g/mol. The standard InChI is InChI=1S/C9H4BrF3O2/c10-7-5-2-1-4(9(11,12)13)3-6(5)8(14)15-7/h1-3,7H/t7-/m1/s1. The van der Waals surface area contributed by atoms with E-state index in [1.54, 1.807) is 0 Å². The molecule has 0 aliphatic carbocycles. The van der Waals surface area contributed by atoms with Crippen molar-refractivity contribution in [2.45, 2.75) is 11.2 Å². The largest absolute Gasteiger partial charge is 0.442 e. The zero-order chi connectivity index (χ0) is 11.2. The van der Waals surface area contributed by atoms with Crippen LogP contribution in [0.4, 0.5) is 13.2 Å². The van der Waals surface area contributed by atoms with Crippen LogP contribution in [-0.2, 0) is 10.9 Å². The molecule has 2 rings (SSSR count). The molecule has 0 saturated heterocycles. The average molecular weight is 281 g/mol. The van der Waals surface area contributed by atoms with Gasteiger partial charge < -0.3 is 4.74 Å². The Hall–Kier alpha value is -1.04. The molecule has 0 saturated carbocycles. The number of esters is 1. The molecule has 0 spiro atoms. The van der Waals surface area contributed by atoms with Crippen molar-refractivity contribution in [3.8, 4) is 0 Å². The van der Waals surface area contributed by atoms with Gasteiger partial charge in [0.15, 0.2) is 5.01 Å². The third-order valence-corrected chi connectivity index (χ3v) is 2.74. The van der Waals surface area contributed by atoms with Gasteiger partial charge in [0, 0.05) is 5.56 Å². The summed E-state index contributed by atoms with van der Waals surface area (Å²) < 4.78 is 41.7. The number of alkyl halides is 4. The van der Waals surface area contributed by atoms with Crippen molar-refractivity contribution in [3.05, 3.63) is 34.9 Å². The van der Waals surface area contributed by atoms with Crippen molar-refractivity contribution in [1.29, 1.82) is 0 Å². The van der Waals surface area contributed by atoms with Crippen LogP contribution in [0.5, 0.6) is 0 Å². The first-order valence-corrected chi connectivity index (χ1v) is 4.87. The van der Waals surface area contributed by atoms with Crippen molar-refractivity contribution in [2.75, 3.05) is 0 Å². The topological polar surface area (TPSA) is 26.3 Å². The number of benzene rings is 1. The second-order valence-electron chi connectivity index (χ2n) is 3.02. The quantitative estimate of drug-likeness (QED) is 0.539. The zero-order valence-corrected chi connectivity index (χ0v) is 8.72. The second kappa shape index (κ2) is 3.23. The normalized spacial score (nSPS) is 20.0. The van der Waals surface area contributed by atoms with Gasteiger partial charge in [-0.2, -0.15) is 13.2 Å². The second-order valence-corrected chi connectivity index (χ2v) is 3.85. The molecule has 0 radical (unpaired) electrons. The van der Waals surface area contributed by atoms with E-state index in [2.05, 4.69) is 15.9 Å². The highest BCUT2D eigenvalue weighted by Gasteiger charge is 2.35. The summed E-state index contributed by atoms with van der Waals surface area (Å²) in [5.41, 5.74) is -0.459. The number of carbonyl (C=O) groups is 1. The van der Waals surface area contributed by atoms with Crippen molar-refractivity contribution < 1.29 is 22.7 Å². The minimum absolute atomic E-state index is 0.0355. The Kier molecular flexibility index (Phi) is 2.26. The summed E-state index contributed by atoms with van der Waals surface area (Å²) in [6.45, 7) is 0. The van der Waals surface area contributed by atoms with Gasteiger partial charge in [-0.05, 0) is 28.1 Å². The van der Waals surface area contributed by atoms with Crippen molar-refractivity contribution in [3.63, 3.8) is 0 Å². The monoisotopic (exact) mass is 280 g/mol. The summed E-state index contributed by atoms with van der Waals surface area (Å²) in [6, 6.07) is 2.97. The molecule has 0 bridgehead atoms. The van der Waals surface area contributed by atoms with E-state index in [0.29, 0.717) is 5.56 Å². The summed E-state index contributed by atoms with van der Waals surface area (Å²) in [5.74, 6) is -0.738. The molecule has 80 valence electrons. The Balaban J connectivity index is 2.52. The molecule has 1 aliphatic heterocycles. The first-order valence-electron chi connectivity index (χ1n) is 3.96. The van der Waals surface area contributed by atoms with E-state index in [-0.39, 0.29) is 5.56 Å². The van der Waals surface area contributed by atoms with Crippen molar-refractivity contribution in [2.24, 2.45) is 0 Å². The number of hydrogen-bond acceptors (Lipinski definition) is 2. The first kappa shape index (κ1) is 10.5. The van der Waals surface area contributed by atoms with Gasteiger partial charge in [0.05, 0.1) is 11.1 Å². The number of cyclic esters (lactones) is 1. The first-order chi connectivity index (χ1) is 6.89. The maximum absolute atomic E-state index is 12.3. The van der Waals surface area contributed by atoms with Gasteiger partial charge in [-0.1, -0.05) is 6.07 Å². The van der Waals surface area contributed by atoms with Gasteiger partial charge in [-0.3, -0.25) is 0 Å². The van der Waals surface area contributed by atoms with Gasteiger partial charge in [-0.15, -0.1) is 0 Å². The Morgan fingerprint density at radius 3 is 2.60 bits per heavy atom. The molecule has 0 unspecified atom stereocenters. The van der Waals surface area contributed by atoms with E-state index in [1.807, 2.05) is 0 Å². The lowest BCUT2D eigenvalue weighted by Crippen LogP contribution is -2.06. The fourth-order valence-electron chi connectivity index (χ4n) is 1.33. The molecule has 1 aromatic carbocycles. The van der Waals surface area contributed by atoms with Crippen LogP contribution in [0.2, 0.25) is 0 Å². The molecule has 0 amide bonds. The fourth-order valence-corrected chi connectivity index (χ4v) is 1.90. The van der Waals surface area contributed by atoms with Crippen LogP contribution in [-0.4, -0.2) is 5.97 Å². The molecule has 1 atom stereocenters. The number of hydrogen-bond donors (Lipinski definition) is 0. The highest BCUT2D eigenvalue weighted by Crippen LogP contribution is 2.38. The predicted octanol–water partition coefficient (Wildman–Crippen LogP) is 3.27. The molecule has 6 heteroatoms. The minimum atomic E-state index is -4.44. The van der Waals surface area contributed by atoms with Crippen LogP contribution in [0, 0.1) is 0 Å². The van der Waals surface area contributed by atoms with Crippen molar-refractivity contribution in [1.82, 2.24) is 0 Å². The summed E-state index contributed by atoms with van der Waals surface area (Å²) in [5, 5.41) is -0.651. The fraction of sp³-hybridized carbons (Fsp3) is 0.222. The van der Waals surface area contributed by atoms with Crippen LogP contribution >= 0.6 is 15.9 Å². The third kappa shape index (κ3) is 1.73. The van der Waals surface area contributed by atoms with Crippen LogP contribution in [0.3, 0.4) is 0 Å². The van der Waals surface area contributed by atoms with Crippen LogP contribution < -0.4 is 0 Å². The van der Waals surface area contributed by atoms with E-state index >= 15 is 0 Å². The molecule has 1 heterocycles. The van der Waals surface area contributed by atoms with Crippen LogP contribution in [0.1, 0.15) is 26.5 Å². The smallest absolute Gasteiger partial charge is 0.416 e. The lowest BCUT2D eigenvalue weighted by Gasteiger charge is -2.07. The van der Waals surface area contributed by atoms with Gasteiger partial charge in [0.1, 0.15) is 0 Å². The highest BCUT2D eigenvalue weighted by atomic mass is 79.9. The predicted molar refractivity (Wildman–Crippen MR) is 48.5 cm³/mol. The minimum Gasteiger partial charge on any atom is -0.442 e. The number of ether oxygens (including phenoxy) is 1. The molecule has 2 nitrogen and oxygen atoms in total. The average Bonchev–Trinajstić information content (AvgIpc) is 2.41. The summed E-state index contributed by atoms with van der Waals surface area (Å²) in [4.78, 5) is 11.1. The maximum atomic E-state index is 12.3.